The van der Waals surface area contributed by atoms with E-state index in [0.29, 0.717) is 32.3 Å². The molecular formula is C21H25N3O2. The summed E-state index contributed by atoms with van der Waals surface area (Å²) in [7, 11) is 0. The topological polar surface area (TPSA) is 44.8 Å². The number of nitrogens with zero attached hydrogens (tertiary/aromatic N) is 2. The average molecular weight is 351 g/mol. The first-order chi connectivity index (χ1) is 12.8. The molecule has 5 nitrogen and oxygen atoms in total. The van der Waals surface area contributed by atoms with Crippen LogP contribution in [-0.2, 0) is 4.74 Å². The third-order valence-electron chi connectivity index (χ3n) is 5.11. The summed E-state index contributed by atoms with van der Waals surface area (Å²) >= 11 is 0. The third kappa shape index (κ3) is 3.68. The standard InChI is InChI=1S/C21H25N3O2/c25-21(23-12-14-26-15-13-23)19-8-4-5-9-20(19)24-11-10-18(16-24)22-17-6-2-1-3-7-17/h1-9,18,22H,10-16H2/t18-/m1/s1. The SMILES string of the molecule is O=C(c1ccccc1N1CC[C@@H](Nc2ccccc2)C1)N1CCOCC1. The number of para-hydroxylation sites is 2. The molecule has 0 unspecified atom stereocenters. The van der Waals surface area contributed by atoms with Crippen LogP contribution in [0.2, 0.25) is 0 Å². The Labute approximate surface area is 154 Å². The fourth-order valence-corrected chi connectivity index (χ4v) is 3.73. The third-order valence-corrected chi connectivity index (χ3v) is 5.11. The molecule has 2 fully saturated rings. The maximum atomic E-state index is 13.0. The minimum absolute atomic E-state index is 0.114. The van der Waals surface area contributed by atoms with E-state index in [-0.39, 0.29) is 5.91 Å². The lowest BCUT2D eigenvalue weighted by Gasteiger charge is -2.29. The van der Waals surface area contributed by atoms with Gasteiger partial charge in [-0.05, 0) is 30.7 Å². The van der Waals surface area contributed by atoms with Crippen molar-refractivity contribution >= 4 is 17.3 Å². The fraction of sp³-hybridized carbons (Fsp3) is 0.381. The Bertz CT molecular complexity index is 744. The minimum Gasteiger partial charge on any atom is -0.380 e. The molecule has 1 N–H and O–H groups in total. The first kappa shape index (κ1) is 16.9. The maximum absolute atomic E-state index is 13.0. The Kier molecular flexibility index (Phi) is 5.07. The molecule has 2 aliphatic heterocycles. The van der Waals surface area contributed by atoms with Gasteiger partial charge in [0.2, 0.25) is 0 Å². The van der Waals surface area contributed by atoms with Gasteiger partial charge in [0.05, 0.1) is 18.8 Å². The van der Waals surface area contributed by atoms with Crippen LogP contribution in [0.5, 0.6) is 0 Å². The molecule has 2 aromatic rings. The van der Waals surface area contributed by atoms with Crippen LogP contribution in [0.25, 0.3) is 0 Å². The number of amides is 1. The number of rotatable bonds is 4. The Morgan fingerprint density at radius 3 is 2.50 bits per heavy atom. The Morgan fingerprint density at radius 1 is 0.962 bits per heavy atom. The number of anilines is 2. The zero-order chi connectivity index (χ0) is 17.8. The molecule has 1 amide bonds. The summed E-state index contributed by atoms with van der Waals surface area (Å²) < 4.78 is 5.37. The molecule has 136 valence electrons. The molecule has 0 aromatic heterocycles. The lowest BCUT2D eigenvalue weighted by molar-refractivity contribution is 0.0303. The van der Waals surface area contributed by atoms with Gasteiger partial charge in [-0.15, -0.1) is 0 Å². The lowest BCUT2D eigenvalue weighted by Crippen LogP contribution is -2.41. The minimum atomic E-state index is 0.114. The zero-order valence-electron chi connectivity index (χ0n) is 14.9. The molecule has 5 heteroatoms. The second kappa shape index (κ2) is 7.79. The molecule has 0 radical (unpaired) electrons. The van der Waals surface area contributed by atoms with Crippen LogP contribution in [0.4, 0.5) is 11.4 Å². The van der Waals surface area contributed by atoms with Gasteiger partial charge in [0.15, 0.2) is 0 Å². The van der Waals surface area contributed by atoms with Gasteiger partial charge in [-0.3, -0.25) is 4.79 Å². The Hall–Kier alpha value is -2.53. The number of carbonyl (C=O) groups is 1. The number of hydrogen-bond donors (Lipinski definition) is 1. The summed E-state index contributed by atoms with van der Waals surface area (Å²) in [6, 6.07) is 18.7. The van der Waals surface area contributed by atoms with Gasteiger partial charge >= 0.3 is 0 Å². The molecule has 2 aromatic carbocycles. The number of benzene rings is 2. The van der Waals surface area contributed by atoms with Crippen molar-refractivity contribution in [2.75, 3.05) is 49.6 Å². The van der Waals surface area contributed by atoms with Crippen molar-refractivity contribution in [3.05, 3.63) is 60.2 Å². The molecule has 0 aliphatic carbocycles. The Morgan fingerprint density at radius 2 is 1.69 bits per heavy atom. The number of ether oxygens (including phenoxy) is 1. The summed E-state index contributed by atoms with van der Waals surface area (Å²) in [4.78, 5) is 17.2. The highest BCUT2D eigenvalue weighted by molar-refractivity contribution is 6.00. The van der Waals surface area contributed by atoms with Gasteiger partial charge in [-0.1, -0.05) is 30.3 Å². The smallest absolute Gasteiger partial charge is 0.256 e. The van der Waals surface area contributed by atoms with E-state index >= 15 is 0 Å². The quantitative estimate of drug-likeness (QED) is 0.920. The molecule has 0 spiro atoms. The zero-order valence-corrected chi connectivity index (χ0v) is 14.9. The highest BCUT2D eigenvalue weighted by Gasteiger charge is 2.27. The van der Waals surface area contributed by atoms with Crippen LogP contribution < -0.4 is 10.2 Å². The molecule has 26 heavy (non-hydrogen) atoms. The van der Waals surface area contributed by atoms with Crippen molar-refractivity contribution < 1.29 is 9.53 Å². The van der Waals surface area contributed by atoms with Crippen molar-refractivity contribution in [3.63, 3.8) is 0 Å². The van der Waals surface area contributed by atoms with Crippen molar-refractivity contribution in [2.45, 2.75) is 12.5 Å². The van der Waals surface area contributed by atoms with E-state index in [9.17, 15) is 4.79 Å². The van der Waals surface area contributed by atoms with Gasteiger partial charge in [0, 0.05) is 43.6 Å². The fourth-order valence-electron chi connectivity index (χ4n) is 3.73. The molecule has 1 atom stereocenters. The number of nitrogens with one attached hydrogen (secondary N) is 1. The molecule has 2 heterocycles. The summed E-state index contributed by atoms with van der Waals surface area (Å²) in [6.07, 6.45) is 1.06. The number of hydrogen-bond acceptors (Lipinski definition) is 4. The monoisotopic (exact) mass is 351 g/mol. The van der Waals surface area contributed by atoms with E-state index in [4.69, 9.17) is 4.74 Å². The van der Waals surface area contributed by atoms with Crippen molar-refractivity contribution in [1.82, 2.24) is 4.90 Å². The van der Waals surface area contributed by atoms with Crippen LogP contribution in [0.3, 0.4) is 0 Å². The summed E-state index contributed by atoms with van der Waals surface area (Å²) in [5.74, 6) is 0.114. The van der Waals surface area contributed by atoms with E-state index in [0.717, 1.165) is 36.4 Å². The van der Waals surface area contributed by atoms with Crippen molar-refractivity contribution in [3.8, 4) is 0 Å². The first-order valence-corrected chi connectivity index (χ1v) is 9.34. The highest BCUT2D eigenvalue weighted by atomic mass is 16.5. The molecule has 2 saturated heterocycles. The number of morpholine rings is 1. The maximum Gasteiger partial charge on any atom is 0.256 e. The summed E-state index contributed by atoms with van der Waals surface area (Å²) in [5.41, 5.74) is 2.99. The molecule has 4 rings (SSSR count). The molecule has 0 bridgehead atoms. The van der Waals surface area contributed by atoms with Crippen LogP contribution in [-0.4, -0.2) is 56.2 Å². The van der Waals surface area contributed by atoms with Gasteiger partial charge in [-0.2, -0.15) is 0 Å². The number of carbonyl (C=O) groups excluding carboxylic acids is 1. The van der Waals surface area contributed by atoms with E-state index in [2.05, 4.69) is 28.4 Å². The van der Waals surface area contributed by atoms with E-state index in [1.54, 1.807) is 0 Å². The molecular weight excluding hydrogens is 326 g/mol. The summed E-state index contributed by atoms with van der Waals surface area (Å²) in [6.45, 7) is 4.46. The van der Waals surface area contributed by atoms with Crippen LogP contribution in [0.1, 0.15) is 16.8 Å². The van der Waals surface area contributed by atoms with Crippen molar-refractivity contribution in [2.24, 2.45) is 0 Å². The van der Waals surface area contributed by atoms with Crippen molar-refractivity contribution in [1.29, 1.82) is 0 Å². The van der Waals surface area contributed by atoms with Crippen LogP contribution in [0.15, 0.2) is 54.6 Å². The van der Waals surface area contributed by atoms with E-state index < -0.39 is 0 Å². The highest BCUT2D eigenvalue weighted by Crippen LogP contribution is 2.27. The van der Waals surface area contributed by atoms with Gasteiger partial charge in [-0.25, -0.2) is 0 Å². The lowest BCUT2D eigenvalue weighted by atomic mass is 10.1. The summed E-state index contributed by atoms with van der Waals surface area (Å²) in [5, 5.41) is 3.60. The largest absolute Gasteiger partial charge is 0.380 e. The molecule has 0 saturated carbocycles. The predicted molar refractivity (Wildman–Crippen MR) is 104 cm³/mol. The second-order valence-electron chi connectivity index (χ2n) is 6.86. The Balaban J connectivity index is 1.47. The van der Waals surface area contributed by atoms with Crippen LogP contribution >= 0.6 is 0 Å². The predicted octanol–water partition coefficient (Wildman–Crippen LogP) is 2.85. The van der Waals surface area contributed by atoms with Gasteiger partial charge in [0.25, 0.3) is 5.91 Å². The van der Waals surface area contributed by atoms with Gasteiger partial charge in [0.1, 0.15) is 0 Å². The molecule has 2 aliphatic rings. The average Bonchev–Trinajstić information content (AvgIpc) is 3.17. The van der Waals surface area contributed by atoms with E-state index in [1.165, 1.54) is 0 Å². The van der Waals surface area contributed by atoms with Gasteiger partial charge < -0.3 is 19.9 Å². The first-order valence-electron chi connectivity index (χ1n) is 9.34. The normalized spacial score (nSPS) is 20.2. The van der Waals surface area contributed by atoms with Crippen LogP contribution in [0, 0.1) is 0 Å². The second-order valence-corrected chi connectivity index (χ2v) is 6.86. The van der Waals surface area contributed by atoms with E-state index in [1.807, 2.05) is 41.3 Å².